The molecule has 0 aliphatic carbocycles. The van der Waals surface area contributed by atoms with Crippen LogP contribution < -0.4 is 14.2 Å². The zero-order chi connectivity index (χ0) is 24.0. The van der Waals surface area contributed by atoms with Crippen LogP contribution in [0.15, 0.2) is 52.4 Å². The Morgan fingerprint density at radius 3 is 2.45 bits per heavy atom. The number of carbonyl (C=O) groups is 1. The van der Waals surface area contributed by atoms with Crippen LogP contribution in [0.3, 0.4) is 0 Å². The highest BCUT2D eigenvalue weighted by Gasteiger charge is 2.31. The van der Waals surface area contributed by atoms with Crippen molar-refractivity contribution in [1.29, 1.82) is 0 Å². The van der Waals surface area contributed by atoms with E-state index in [-0.39, 0.29) is 5.91 Å². The van der Waals surface area contributed by atoms with Crippen molar-refractivity contribution in [2.75, 3.05) is 26.4 Å². The predicted octanol–water partition coefficient (Wildman–Crippen LogP) is 6.31. The molecule has 1 aliphatic rings. The third kappa shape index (κ3) is 6.62. The van der Waals surface area contributed by atoms with E-state index in [0.717, 1.165) is 26.9 Å². The largest absolute Gasteiger partial charge is 0.490 e. The molecule has 0 aromatic heterocycles. The fourth-order valence-corrected chi connectivity index (χ4v) is 5.18. The number of hydrogen-bond acceptors (Lipinski definition) is 6. The van der Waals surface area contributed by atoms with Crippen LogP contribution in [0.4, 0.5) is 0 Å². The lowest BCUT2D eigenvalue weighted by molar-refractivity contribution is -0.121. The van der Waals surface area contributed by atoms with Gasteiger partial charge in [0.15, 0.2) is 11.5 Å². The lowest BCUT2D eigenvalue weighted by atomic mass is 10.1. The lowest BCUT2D eigenvalue weighted by Crippen LogP contribution is -2.27. The molecule has 174 valence electrons. The molecular formula is C25H26BrNO4S2. The van der Waals surface area contributed by atoms with Gasteiger partial charge in [0.05, 0.1) is 16.0 Å². The van der Waals surface area contributed by atoms with Gasteiger partial charge in [0, 0.05) is 6.54 Å². The molecule has 1 fully saturated rings. The Kier molecular flexibility index (Phi) is 9.00. The highest BCUT2D eigenvalue weighted by molar-refractivity contribution is 9.10. The summed E-state index contributed by atoms with van der Waals surface area (Å²) in [6.45, 7) is 11.3. The first-order chi connectivity index (χ1) is 15.8. The molecule has 3 rings (SSSR count). The highest BCUT2D eigenvalue weighted by atomic mass is 79.9. The van der Waals surface area contributed by atoms with Gasteiger partial charge >= 0.3 is 0 Å². The molecule has 2 aromatic rings. The summed E-state index contributed by atoms with van der Waals surface area (Å²) in [6.07, 6.45) is 3.47. The Hall–Kier alpha value is -2.29. The topological polar surface area (TPSA) is 48.0 Å². The van der Waals surface area contributed by atoms with E-state index in [0.29, 0.717) is 47.1 Å². The number of thioether (sulfide) groups is 1. The number of benzene rings is 2. The number of aryl methyl sites for hydroxylation is 2. The van der Waals surface area contributed by atoms with Gasteiger partial charge in [0.25, 0.3) is 5.91 Å². The first kappa shape index (κ1) is 25.3. The van der Waals surface area contributed by atoms with Gasteiger partial charge in [-0.3, -0.25) is 9.69 Å². The number of hydrogen-bond donors (Lipinski definition) is 0. The lowest BCUT2D eigenvalue weighted by Gasteiger charge is -2.15. The molecule has 33 heavy (non-hydrogen) atoms. The molecule has 0 saturated carbocycles. The van der Waals surface area contributed by atoms with Crippen molar-refractivity contribution in [1.82, 2.24) is 4.90 Å². The quantitative estimate of drug-likeness (QED) is 0.150. The summed E-state index contributed by atoms with van der Waals surface area (Å²) in [6, 6.07) is 9.85. The van der Waals surface area contributed by atoms with E-state index in [1.165, 1.54) is 16.7 Å². The second-order valence-electron chi connectivity index (χ2n) is 7.36. The molecule has 0 atom stereocenters. The van der Waals surface area contributed by atoms with Crippen molar-refractivity contribution in [3.63, 3.8) is 0 Å². The minimum atomic E-state index is -0.122. The average Bonchev–Trinajstić information content (AvgIpc) is 3.00. The van der Waals surface area contributed by atoms with Gasteiger partial charge in [0.1, 0.15) is 23.3 Å². The van der Waals surface area contributed by atoms with E-state index in [4.69, 9.17) is 26.4 Å². The van der Waals surface area contributed by atoms with Crippen molar-refractivity contribution >= 4 is 56.2 Å². The Balaban J connectivity index is 1.72. The van der Waals surface area contributed by atoms with Gasteiger partial charge in [-0.05, 0) is 83.7 Å². The number of nitrogens with zero attached hydrogens (tertiary/aromatic N) is 1. The number of ether oxygens (including phenoxy) is 3. The minimum Gasteiger partial charge on any atom is -0.490 e. The summed E-state index contributed by atoms with van der Waals surface area (Å²) < 4.78 is 18.9. The second kappa shape index (κ2) is 11.7. The summed E-state index contributed by atoms with van der Waals surface area (Å²) >= 11 is 10.2. The van der Waals surface area contributed by atoms with Crippen molar-refractivity contribution in [3.05, 3.63) is 69.1 Å². The van der Waals surface area contributed by atoms with E-state index in [1.54, 1.807) is 6.08 Å². The van der Waals surface area contributed by atoms with Gasteiger partial charge in [-0.15, -0.1) is 6.58 Å². The summed E-state index contributed by atoms with van der Waals surface area (Å²) in [4.78, 5) is 14.7. The van der Waals surface area contributed by atoms with Crippen LogP contribution in [0.5, 0.6) is 17.2 Å². The first-order valence-electron chi connectivity index (χ1n) is 10.5. The van der Waals surface area contributed by atoms with Crippen LogP contribution in [-0.2, 0) is 4.79 Å². The van der Waals surface area contributed by atoms with Crippen LogP contribution in [-0.4, -0.2) is 41.5 Å². The molecule has 0 unspecified atom stereocenters. The number of rotatable bonds is 10. The number of amides is 1. The predicted molar refractivity (Wildman–Crippen MR) is 142 cm³/mol. The van der Waals surface area contributed by atoms with Gasteiger partial charge in [-0.25, -0.2) is 0 Å². The summed E-state index contributed by atoms with van der Waals surface area (Å²) in [5.41, 5.74) is 3.12. The molecule has 8 heteroatoms. The van der Waals surface area contributed by atoms with E-state index >= 15 is 0 Å². The third-order valence-electron chi connectivity index (χ3n) is 4.61. The van der Waals surface area contributed by atoms with Gasteiger partial charge in [-0.2, -0.15) is 0 Å². The fourth-order valence-electron chi connectivity index (χ4n) is 3.33. The summed E-state index contributed by atoms with van der Waals surface area (Å²) in [5.74, 6) is 1.88. The third-order valence-corrected chi connectivity index (χ3v) is 6.58. The van der Waals surface area contributed by atoms with Crippen LogP contribution in [0.1, 0.15) is 23.6 Å². The van der Waals surface area contributed by atoms with E-state index in [1.807, 2.05) is 51.1 Å². The van der Waals surface area contributed by atoms with Crippen molar-refractivity contribution < 1.29 is 19.0 Å². The average molecular weight is 549 g/mol. The van der Waals surface area contributed by atoms with E-state index in [2.05, 4.69) is 28.6 Å². The maximum Gasteiger partial charge on any atom is 0.266 e. The maximum atomic E-state index is 12.6. The SMILES string of the molecule is C=CCN1C(=O)C(=Cc2cc(Br)c(OCCOc3cc(C)cc(C)c3)c(OCC)c2)SC1=S. The molecular weight excluding hydrogens is 522 g/mol. The standard InChI is InChI=1S/C25H26BrNO4S2/c1-5-7-27-24(28)22(33-25(27)32)15-18-13-20(26)23(21(14-18)29-6-2)31-9-8-30-19-11-16(3)10-17(4)12-19/h5,10-15H,1,6-9H2,2-4H3. The van der Waals surface area contributed by atoms with Crippen LogP contribution in [0, 0.1) is 13.8 Å². The van der Waals surface area contributed by atoms with Crippen LogP contribution >= 0.6 is 39.9 Å². The normalized spacial score (nSPS) is 14.7. The molecule has 0 radical (unpaired) electrons. The first-order valence-corrected chi connectivity index (χ1v) is 12.5. The molecule has 1 saturated heterocycles. The highest BCUT2D eigenvalue weighted by Crippen LogP contribution is 2.39. The summed E-state index contributed by atoms with van der Waals surface area (Å²) in [7, 11) is 0. The summed E-state index contributed by atoms with van der Waals surface area (Å²) in [5, 5.41) is 0. The maximum absolute atomic E-state index is 12.6. The smallest absolute Gasteiger partial charge is 0.266 e. The van der Waals surface area contributed by atoms with Crippen molar-refractivity contribution in [3.8, 4) is 17.2 Å². The molecule has 0 spiro atoms. The van der Waals surface area contributed by atoms with Crippen molar-refractivity contribution in [2.45, 2.75) is 20.8 Å². The Labute approximate surface area is 212 Å². The Morgan fingerprint density at radius 1 is 1.09 bits per heavy atom. The van der Waals surface area contributed by atoms with Gasteiger partial charge in [-0.1, -0.05) is 36.1 Å². The minimum absolute atomic E-state index is 0.122. The molecule has 1 amide bonds. The van der Waals surface area contributed by atoms with E-state index in [9.17, 15) is 4.79 Å². The van der Waals surface area contributed by atoms with E-state index < -0.39 is 0 Å². The molecule has 2 aromatic carbocycles. The van der Waals surface area contributed by atoms with Crippen LogP contribution in [0.25, 0.3) is 6.08 Å². The molecule has 0 N–H and O–H groups in total. The Morgan fingerprint density at radius 2 is 1.79 bits per heavy atom. The van der Waals surface area contributed by atoms with Crippen LogP contribution in [0.2, 0.25) is 0 Å². The Bertz CT molecular complexity index is 1080. The number of halogens is 1. The number of carbonyl (C=O) groups excluding carboxylic acids is 1. The molecule has 5 nitrogen and oxygen atoms in total. The molecule has 1 aliphatic heterocycles. The monoisotopic (exact) mass is 547 g/mol. The van der Waals surface area contributed by atoms with Crippen molar-refractivity contribution in [2.24, 2.45) is 0 Å². The molecule has 0 bridgehead atoms. The molecule has 1 heterocycles. The van der Waals surface area contributed by atoms with Gasteiger partial charge in [0.2, 0.25) is 0 Å². The number of thiocarbonyl (C=S) groups is 1. The zero-order valence-electron chi connectivity index (χ0n) is 18.9. The second-order valence-corrected chi connectivity index (χ2v) is 9.89. The van der Waals surface area contributed by atoms with Gasteiger partial charge < -0.3 is 14.2 Å². The zero-order valence-corrected chi connectivity index (χ0v) is 22.1. The fraction of sp³-hybridized carbons (Fsp3) is 0.280.